The maximum atomic E-state index is 7.40. The van der Waals surface area contributed by atoms with Crippen LogP contribution in [0.25, 0.3) is 0 Å². The summed E-state index contributed by atoms with van der Waals surface area (Å²) >= 11 is 1.72. The molecule has 2 rings (SSSR count). The smallest absolute Gasteiger partial charge is 0.0908 e. The Kier molecular flexibility index (Phi) is 6.23. The molecule has 0 unspecified atom stereocenters. The molecule has 120 valence electrons. The highest BCUT2D eigenvalue weighted by molar-refractivity contribution is 7.99. The van der Waals surface area contributed by atoms with E-state index in [-0.39, 0.29) is 11.7 Å². The third-order valence-corrected chi connectivity index (χ3v) is 4.73. The van der Waals surface area contributed by atoms with Gasteiger partial charge in [-0.1, -0.05) is 48.2 Å². The fourth-order valence-corrected chi connectivity index (χ4v) is 3.41. The van der Waals surface area contributed by atoms with Gasteiger partial charge >= 0.3 is 0 Å². The summed E-state index contributed by atoms with van der Waals surface area (Å²) < 4.78 is 0. The summed E-state index contributed by atoms with van der Waals surface area (Å²) in [6.07, 6.45) is 2.69. The highest BCUT2D eigenvalue weighted by atomic mass is 32.2. The monoisotopic (exact) mass is 326 g/mol. The van der Waals surface area contributed by atoms with Crippen LogP contribution in [-0.2, 0) is 12.8 Å². The van der Waals surface area contributed by atoms with Gasteiger partial charge in [-0.2, -0.15) is 0 Å². The van der Waals surface area contributed by atoms with Crippen LogP contribution in [-0.4, -0.2) is 11.7 Å². The molecule has 23 heavy (non-hydrogen) atoms. The van der Waals surface area contributed by atoms with E-state index in [2.05, 4.69) is 24.3 Å². The molecule has 0 aromatic heterocycles. The second-order valence-corrected chi connectivity index (χ2v) is 6.45. The molecule has 2 aromatic rings. The lowest BCUT2D eigenvalue weighted by Gasteiger charge is -2.12. The Balaban J connectivity index is 2.19. The first-order valence-corrected chi connectivity index (χ1v) is 8.37. The summed E-state index contributed by atoms with van der Waals surface area (Å²) in [5.74, 6) is 0.429. The van der Waals surface area contributed by atoms with Crippen molar-refractivity contribution in [2.24, 2.45) is 11.5 Å². The minimum atomic E-state index is 0.215. The number of rotatable bonds is 8. The van der Waals surface area contributed by atoms with Crippen LogP contribution >= 0.6 is 11.8 Å². The number of amidine groups is 2. The van der Waals surface area contributed by atoms with Crippen molar-refractivity contribution >= 4 is 23.4 Å². The molecule has 0 spiro atoms. The van der Waals surface area contributed by atoms with Crippen molar-refractivity contribution in [1.82, 2.24) is 0 Å². The summed E-state index contributed by atoms with van der Waals surface area (Å²) in [5, 5.41) is 14.8. The van der Waals surface area contributed by atoms with Crippen molar-refractivity contribution in [2.45, 2.75) is 35.5 Å². The van der Waals surface area contributed by atoms with Gasteiger partial charge in [0.15, 0.2) is 0 Å². The normalized spacial score (nSPS) is 10.4. The minimum Gasteiger partial charge on any atom is -0.388 e. The second kappa shape index (κ2) is 8.39. The Bertz CT molecular complexity index is 637. The second-order valence-electron chi connectivity index (χ2n) is 5.37. The molecule has 5 heteroatoms. The average molecular weight is 326 g/mol. The van der Waals surface area contributed by atoms with Crippen LogP contribution < -0.4 is 11.5 Å². The lowest BCUT2D eigenvalue weighted by Crippen LogP contribution is -2.10. The maximum absolute atomic E-state index is 7.40. The van der Waals surface area contributed by atoms with Gasteiger partial charge in [-0.15, -0.1) is 0 Å². The van der Waals surface area contributed by atoms with Crippen LogP contribution in [0.15, 0.2) is 58.3 Å². The zero-order valence-electron chi connectivity index (χ0n) is 13.0. The number of hydrogen-bond acceptors (Lipinski definition) is 3. The Hall–Kier alpha value is -2.27. The number of nitrogens with one attached hydrogen (secondary N) is 2. The van der Waals surface area contributed by atoms with Gasteiger partial charge in [0.2, 0.25) is 0 Å². The molecule has 0 saturated carbocycles. The van der Waals surface area contributed by atoms with Crippen LogP contribution in [0.1, 0.15) is 24.0 Å². The topological polar surface area (TPSA) is 99.7 Å². The summed E-state index contributed by atoms with van der Waals surface area (Å²) in [6.45, 7) is 0. The van der Waals surface area contributed by atoms with Gasteiger partial charge in [-0.05, 0) is 36.1 Å². The van der Waals surface area contributed by atoms with Crippen molar-refractivity contribution in [1.29, 1.82) is 10.8 Å². The van der Waals surface area contributed by atoms with E-state index in [0.29, 0.717) is 12.8 Å². The molecule has 0 aliphatic rings. The lowest BCUT2D eigenvalue weighted by atomic mass is 10.1. The first-order valence-electron chi connectivity index (χ1n) is 7.55. The van der Waals surface area contributed by atoms with Gasteiger partial charge in [-0.3, -0.25) is 10.8 Å². The standard InChI is InChI=1S/C18H22N4S/c19-17(20)11-9-13-5-1-3-7-15(13)23-16-8-4-2-6-14(16)10-12-18(21)22/h1-8H,9-12H2,(H3,19,20)(H3,21,22). The van der Waals surface area contributed by atoms with Crippen LogP contribution in [0.2, 0.25) is 0 Å². The third-order valence-electron chi connectivity index (χ3n) is 3.49. The Morgan fingerprint density at radius 3 is 1.52 bits per heavy atom. The van der Waals surface area contributed by atoms with E-state index in [0.717, 1.165) is 12.8 Å². The first-order chi connectivity index (χ1) is 11.1. The van der Waals surface area contributed by atoms with Crippen LogP contribution in [0, 0.1) is 10.8 Å². The van der Waals surface area contributed by atoms with Gasteiger partial charge in [0.1, 0.15) is 0 Å². The average Bonchev–Trinajstić information content (AvgIpc) is 2.53. The zero-order chi connectivity index (χ0) is 16.7. The summed E-state index contributed by atoms with van der Waals surface area (Å²) in [7, 11) is 0. The zero-order valence-corrected chi connectivity index (χ0v) is 13.8. The lowest BCUT2D eigenvalue weighted by molar-refractivity contribution is 0.976. The van der Waals surface area contributed by atoms with Crippen molar-refractivity contribution < 1.29 is 0 Å². The first kappa shape index (κ1) is 17.1. The van der Waals surface area contributed by atoms with Crippen molar-refractivity contribution in [3.05, 3.63) is 59.7 Å². The fraction of sp³-hybridized carbons (Fsp3) is 0.222. The number of aryl methyl sites for hydroxylation is 2. The fourth-order valence-electron chi connectivity index (χ4n) is 2.28. The van der Waals surface area contributed by atoms with E-state index in [1.165, 1.54) is 20.9 Å². The molecule has 0 heterocycles. The summed E-state index contributed by atoms with van der Waals surface area (Å²) in [6, 6.07) is 16.5. The largest absolute Gasteiger partial charge is 0.388 e. The molecule has 0 radical (unpaired) electrons. The van der Waals surface area contributed by atoms with Crippen molar-refractivity contribution in [2.75, 3.05) is 0 Å². The van der Waals surface area contributed by atoms with Gasteiger partial charge in [0, 0.05) is 22.6 Å². The molecule has 0 bridgehead atoms. The van der Waals surface area contributed by atoms with Gasteiger partial charge in [-0.25, -0.2) is 0 Å². The predicted octanol–water partition coefficient (Wildman–Crippen LogP) is 3.57. The minimum absolute atomic E-state index is 0.215. The molecule has 0 aliphatic carbocycles. The highest BCUT2D eigenvalue weighted by Crippen LogP contribution is 2.33. The molecule has 0 saturated heterocycles. The molecule has 4 nitrogen and oxygen atoms in total. The molecular weight excluding hydrogens is 304 g/mol. The van der Waals surface area contributed by atoms with Crippen molar-refractivity contribution in [3.8, 4) is 0 Å². The van der Waals surface area contributed by atoms with E-state index >= 15 is 0 Å². The molecule has 2 aromatic carbocycles. The van der Waals surface area contributed by atoms with Crippen molar-refractivity contribution in [3.63, 3.8) is 0 Å². The predicted molar refractivity (Wildman–Crippen MR) is 97.5 cm³/mol. The molecule has 6 N–H and O–H groups in total. The quantitative estimate of drug-likeness (QED) is 0.440. The van der Waals surface area contributed by atoms with E-state index in [9.17, 15) is 0 Å². The number of benzene rings is 2. The summed E-state index contributed by atoms with van der Waals surface area (Å²) in [5.41, 5.74) is 13.4. The van der Waals surface area contributed by atoms with Crippen LogP contribution in [0.5, 0.6) is 0 Å². The van der Waals surface area contributed by atoms with E-state index in [1.54, 1.807) is 11.8 Å². The van der Waals surface area contributed by atoms with E-state index in [1.807, 2.05) is 24.3 Å². The van der Waals surface area contributed by atoms with Crippen LogP contribution in [0.4, 0.5) is 0 Å². The summed E-state index contributed by atoms with van der Waals surface area (Å²) in [4.78, 5) is 2.37. The SMILES string of the molecule is N=C(N)CCc1ccccc1Sc1ccccc1CCC(=N)N. The molecule has 0 fully saturated rings. The molecular formula is C18H22N4S. The third kappa shape index (κ3) is 5.45. The molecule has 0 atom stereocenters. The van der Waals surface area contributed by atoms with Gasteiger partial charge in [0.05, 0.1) is 11.7 Å². The Morgan fingerprint density at radius 1 is 0.739 bits per heavy atom. The Morgan fingerprint density at radius 2 is 1.13 bits per heavy atom. The molecule has 0 aliphatic heterocycles. The van der Waals surface area contributed by atoms with Crippen LogP contribution in [0.3, 0.4) is 0 Å². The molecule has 0 amide bonds. The Labute approximate surface area is 141 Å². The maximum Gasteiger partial charge on any atom is 0.0908 e. The van der Waals surface area contributed by atoms with Gasteiger partial charge < -0.3 is 11.5 Å². The van der Waals surface area contributed by atoms with Gasteiger partial charge in [0.25, 0.3) is 0 Å². The highest BCUT2D eigenvalue weighted by Gasteiger charge is 2.08. The van der Waals surface area contributed by atoms with E-state index in [4.69, 9.17) is 22.3 Å². The number of nitrogens with two attached hydrogens (primary N) is 2. The van der Waals surface area contributed by atoms with E-state index < -0.39 is 0 Å². The number of hydrogen-bond donors (Lipinski definition) is 4.